The van der Waals surface area contributed by atoms with E-state index in [0.29, 0.717) is 5.92 Å². The number of para-hydroxylation sites is 1. The van der Waals surface area contributed by atoms with Crippen LogP contribution in [-0.2, 0) is 4.79 Å². The van der Waals surface area contributed by atoms with Crippen LogP contribution in [0.5, 0.6) is 0 Å². The summed E-state index contributed by atoms with van der Waals surface area (Å²) < 4.78 is 0. The summed E-state index contributed by atoms with van der Waals surface area (Å²) in [5, 5.41) is 0. The minimum Gasteiger partial charge on any atom is -0.308 e. The van der Waals surface area contributed by atoms with E-state index in [4.69, 9.17) is 0 Å². The van der Waals surface area contributed by atoms with Crippen molar-refractivity contribution in [2.45, 2.75) is 25.2 Å². The average Bonchev–Trinajstić information content (AvgIpc) is 3.12. The largest absolute Gasteiger partial charge is 0.308 e. The van der Waals surface area contributed by atoms with E-state index in [1.165, 1.54) is 37.6 Å². The van der Waals surface area contributed by atoms with Gasteiger partial charge >= 0.3 is 0 Å². The Balaban J connectivity index is 1.72. The number of carbonyl (C=O) groups excluding carboxylic acids is 1. The van der Waals surface area contributed by atoms with Crippen LogP contribution in [0.15, 0.2) is 36.9 Å². The maximum absolute atomic E-state index is 12.0. The molecular formula is C17H22N2O. The SMILES string of the molecule is C=CC(=O)N1CC(CCN2CCCC2)c2ccccc21. The third kappa shape index (κ3) is 2.50. The zero-order valence-electron chi connectivity index (χ0n) is 11.9. The molecule has 0 N–H and O–H groups in total. The monoisotopic (exact) mass is 270 g/mol. The highest BCUT2D eigenvalue weighted by atomic mass is 16.2. The van der Waals surface area contributed by atoms with Gasteiger partial charge in [-0.3, -0.25) is 4.79 Å². The molecule has 0 radical (unpaired) electrons. The molecule has 0 aromatic heterocycles. The quantitative estimate of drug-likeness (QED) is 0.785. The molecule has 0 spiro atoms. The molecule has 1 saturated heterocycles. The minimum absolute atomic E-state index is 0.0149. The first-order valence-corrected chi connectivity index (χ1v) is 7.55. The van der Waals surface area contributed by atoms with Crippen molar-refractivity contribution in [2.24, 2.45) is 0 Å². The van der Waals surface area contributed by atoms with Gasteiger partial charge in [0.1, 0.15) is 0 Å². The van der Waals surface area contributed by atoms with E-state index in [1.54, 1.807) is 0 Å². The Morgan fingerprint density at radius 3 is 2.80 bits per heavy atom. The van der Waals surface area contributed by atoms with Gasteiger partial charge in [0, 0.05) is 18.2 Å². The first kappa shape index (κ1) is 13.4. The zero-order chi connectivity index (χ0) is 13.9. The molecule has 1 fully saturated rings. The number of hydrogen-bond donors (Lipinski definition) is 0. The number of anilines is 1. The van der Waals surface area contributed by atoms with Crippen LogP contribution in [0.25, 0.3) is 0 Å². The third-order valence-electron chi connectivity index (χ3n) is 4.50. The molecular weight excluding hydrogens is 248 g/mol. The topological polar surface area (TPSA) is 23.6 Å². The number of amides is 1. The van der Waals surface area contributed by atoms with Crippen LogP contribution < -0.4 is 4.90 Å². The summed E-state index contributed by atoms with van der Waals surface area (Å²) >= 11 is 0. The highest BCUT2D eigenvalue weighted by Gasteiger charge is 2.31. The van der Waals surface area contributed by atoms with Crippen molar-refractivity contribution in [1.29, 1.82) is 0 Å². The third-order valence-corrected chi connectivity index (χ3v) is 4.50. The van der Waals surface area contributed by atoms with Crippen molar-refractivity contribution < 1.29 is 4.79 Å². The lowest BCUT2D eigenvalue weighted by Crippen LogP contribution is -2.29. The molecule has 1 aromatic rings. The maximum atomic E-state index is 12.0. The Hall–Kier alpha value is -1.61. The zero-order valence-corrected chi connectivity index (χ0v) is 11.9. The standard InChI is InChI=1S/C17H22N2O/c1-2-17(20)19-13-14(9-12-18-10-5-6-11-18)15-7-3-4-8-16(15)19/h2-4,7-8,14H,1,5-6,9-13H2. The summed E-state index contributed by atoms with van der Waals surface area (Å²) in [7, 11) is 0. The van der Waals surface area contributed by atoms with Crippen LogP contribution >= 0.6 is 0 Å². The van der Waals surface area contributed by atoms with Gasteiger partial charge in [0.2, 0.25) is 5.91 Å². The summed E-state index contributed by atoms with van der Waals surface area (Å²) in [5.74, 6) is 0.483. The number of fused-ring (bicyclic) bond motifs is 1. The predicted octanol–water partition coefficient (Wildman–Crippen LogP) is 2.79. The Bertz CT molecular complexity index is 505. The molecule has 0 saturated carbocycles. The Kier molecular flexibility index (Phi) is 3.88. The molecule has 0 aliphatic carbocycles. The van der Waals surface area contributed by atoms with Crippen LogP contribution in [-0.4, -0.2) is 37.0 Å². The molecule has 1 aromatic carbocycles. The number of nitrogens with zero attached hydrogens (tertiary/aromatic N) is 2. The summed E-state index contributed by atoms with van der Waals surface area (Å²) in [5.41, 5.74) is 2.39. The predicted molar refractivity (Wildman–Crippen MR) is 82.0 cm³/mol. The van der Waals surface area contributed by atoms with E-state index in [0.717, 1.165) is 25.2 Å². The highest BCUT2D eigenvalue weighted by molar-refractivity contribution is 6.02. The molecule has 1 atom stereocenters. The summed E-state index contributed by atoms with van der Waals surface area (Å²) in [6, 6.07) is 8.29. The van der Waals surface area contributed by atoms with Gasteiger partial charge in [0.25, 0.3) is 0 Å². The van der Waals surface area contributed by atoms with Crippen molar-refractivity contribution in [3.8, 4) is 0 Å². The van der Waals surface area contributed by atoms with E-state index in [1.807, 2.05) is 17.0 Å². The van der Waals surface area contributed by atoms with Gasteiger partial charge in [-0.2, -0.15) is 0 Å². The second-order valence-corrected chi connectivity index (χ2v) is 5.75. The lowest BCUT2D eigenvalue weighted by molar-refractivity contribution is -0.114. The van der Waals surface area contributed by atoms with Gasteiger partial charge < -0.3 is 9.80 Å². The van der Waals surface area contributed by atoms with Crippen molar-refractivity contribution in [2.75, 3.05) is 31.1 Å². The summed E-state index contributed by atoms with van der Waals surface area (Å²) in [6.45, 7) is 8.04. The smallest absolute Gasteiger partial charge is 0.250 e. The maximum Gasteiger partial charge on any atom is 0.250 e. The van der Waals surface area contributed by atoms with Crippen molar-refractivity contribution in [3.63, 3.8) is 0 Å². The van der Waals surface area contributed by atoms with Gasteiger partial charge in [0.05, 0.1) is 0 Å². The second-order valence-electron chi connectivity index (χ2n) is 5.75. The molecule has 106 valence electrons. The molecule has 3 heteroatoms. The van der Waals surface area contributed by atoms with Crippen LogP contribution in [0.3, 0.4) is 0 Å². The molecule has 0 bridgehead atoms. The molecule has 1 amide bonds. The van der Waals surface area contributed by atoms with Crippen molar-refractivity contribution in [1.82, 2.24) is 4.90 Å². The summed E-state index contributed by atoms with van der Waals surface area (Å²) in [4.78, 5) is 16.4. The molecule has 2 aliphatic rings. The lowest BCUT2D eigenvalue weighted by Gasteiger charge is -2.18. The fourth-order valence-electron chi connectivity index (χ4n) is 3.41. The number of rotatable bonds is 4. The van der Waals surface area contributed by atoms with E-state index < -0.39 is 0 Å². The van der Waals surface area contributed by atoms with Gasteiger partial charge in [-0.05, 0) is 56.6 Å². The number of carbonyl (C=O) groups is 1. The average molecular weight is 270 g/mol. The molecule has 3 nitrogen and oxygen atoms in total. The van der Waals surface area contributed by atoms with Crippen LogP contribution in [0.4, 0.5) is 5.69 Å². The van der Waals surface area contributed by atoms with Gasteiger partial charge in [-0.1, -0.05) is 24.8 Å². The number of benzene rings is 1. The van der Waals surface area contributed by atoms with Crippen LogP contribution in [0.1, 0.15) is 30.7 Å². The van der Waals surface area contributed by atoms with Crippen molar-refractivity contribution in [3.05, 3.63) is 42.5 Å². The fraction of sp³-hybridized carbons (Fsp3) is 0.471. The first-order valence-electron chi connectivity index (χ1n) is 7.55. The Labute approximate surface area is 120 Å². The molecule has 3 rings (SSSR count). The van der Waals surface area contributed by atoms with E-state index >= 15 is 0 Å². The number of likely N-dealkylation sites (tertiary alicyclic amines) is 1. The first-order chi connectivity index (χ1) is 9.79. The lowest BCUT2D eigenvalue weighted by atomic mass is 9.98. The fourth-order valence-corrected chi connectivity index (χ4v) is 3.41. The van der Waals surface area contributed by atoms with Gasteiger partial charge in [0.15, 0.2) is 0 Å². The van der Waals surface area contributed by atoms with Gasteiger partial charge in [-0.25, -0.2) is 0 Å². The van der Waals surface area contributed by atoms with Gasteiger partial charge in [-0.15, -0.1) is 0 Å². The van der Waals surface area contributed by atoms with Crippen LogP contribution in [0, 0.1) is 0 Å². The second kappa shape index (κ2) is 5.80. The Morgan fingerprint density at radius 2 is 2.05 bits per heavy atom. The molecule has 2 heterocycles. The van der Waals surface area contributed by atoms with E-state index in [9.17, 15) is 4.79 Å². The summed E-state index contributed by atoms with van der Waals surface area (Å²) in [6.07, 6.45) is 5.22. The Morgan fingerprint density at radius 1 is 1.30 bits per heavy atom. The molecule has 1 unspecified atom stereocenters. The number of hydrogen-bond acceptors (Lipinski definition) is 2. The van der Waals surface area contributed by atoms with E-state index in [-0.39, 0.29) is 5.91 Å². The van der Waals surface area contributed by atoms with E-state index in [2.05, 4.69) is 23.6 Å². The van der Waals surface area contributed by atoms with Crippen LogP contribution in [0.2, 0.25) is 0 Å². The molecule has 20 heavy (non-hydrogen) atoms. The minimum atomic E-state index is 0.0149. The highest BCUT2D eigenvalue weighted by Crippen LogP contribution is 2.38. The molecule has 2 aliphatic heterocycles. The normalized spacial score (nSPS) is 22.0. The van der Waals surface area contributed by atoms with Crippen molar-refractivity contribution >= 4 is 11.6 Å².